The van der Waals surface area contributed by atoms with Crippen LogP contribution >= 0.6 is 0 Å². The van der Waals surface area contributed by atoms with Crippen LogP contribution in [-0.2, 0) is 6.42 Å². The van der Waals surface area contributed by atoms with E-state index in [9.17, 15) is 4.79 Å². The summed E-state index contributed by atoms with van der Waals surface area (Å²) in [4.78, 5) is 12.3. The Morgan fingerprint density at radius 2 is 1.87 bits per heavy atom. The molecule has 0 atom stereocenters. The number of hydrogen-bond acceptors (Lipinski definition) is 5. The van der Waals surface area contributed by atoms with Crippen molar-refractivity contribution in [2.75, 3.05) is 0 Å². The zero-order valence-electron chi connectivity index (χ0n) is 13.6. The first-order chi connectivity index (χ1) is 10.9. The molecule has 0 fully saturated rings. The fraction of sp³-hybridized carbons (Fsp3) is 0.294. The van der Waals surface area contributed by atoms with Crippen LogP contribution in [0.2, 0.25) is 0 Å². The van der Waals surface area contributed by atoms with Crippen LogP contribution in [0.25, 0.3) is 11.5 Å². The second-order valence-electron chi connectivity index (χ2n) is 5.71. The van der Waals surface area contributed by atoms with Crippen molar-refractivity contribution in [2.45, 2.75) is 34.1 Å². The third-order valence-corrected chi connectivity index (χ3v) is 3.77. The first kappa shape index (κ1) is 15.1. The van der Waals surface area contributed by atoms with Crippen molar-refractivity contribution >= 4 is 5.91 Å². The van der Waals surface area contributed by atoms with Gasteiger partial charge in [-0.15, -0.1) is 10.2 Å². The Morgan fingerprint density at radius 1 is 1.09 bits per heavy atom. The summed E-state index contributed by atoms with van der Waals surface area (Å²) in [6.07, 6.45) is 0.0276. The van der Waals surface area contributed by atoms with Gasteiger partial charge in [0.2, 0.25) is 11.8 Å². The van der Waals surface area contributed by atoms with E-state index in [1.54, 1.807) is 0 Å². The fourth-order valence-electron chi connectivity index (χ4n) is 2.40. The molecule has 0 unspecified atom stereocenters. The van der Waals surface area contributed by atoms with Gasteiger partial charge in [0.25, 0.3) is 5.91 Å². The largest absolute Gasteiger partial charge is 0.420 e. The van der Waals surface area contributed by atoms with Crippen LogP contribution in [0.3, 0.4) is 0 Å². The van der Waals surface area contributed by atoms with Gasteiger partial charge in [0.1, 0.15) is 6.42 Å². The third kappa shape index (κ3) is 3.06. The summed E-state index contributed by atoms with van der Waals surface area (Å²) < 4.78 is 6.99. The van der Waals surface area contributed by atoms with Crippen molar-refractivity contribution in [3.05, 3.63) is 52.7 Å². The quantitative estimate of drug-likeness (QED) is 0.743. The minimum absolute atomic E-state index is 0.0276. The maximum absolute atomic E-state index is 12.3. The molecule has 0 aliphatic heterocycles. The van der Waals surface area contributed by atoms with Crippen LogP contribution in [0.4, 0.5) is 0 Å². The zero-order chi connectivity index (χ0) is 16.6. The molecule has 0 spiro atoms. The lowest BCUT2D eigenvalue weighted by Crippen LogP contribution is -2.16. The van der Waals surface area contributed by atoms with Crippen LogP contribution in [0.15, 0.2) is 28.7 Å². The molecule has 3 rings (SSSR count). The second-order valence-corrected chi connectivity index (χ2v) is 5.71. The lowest BCUT2D eigenvalue weighted by molar-refractivity contribution is 0.0887. The number of rotatable bonds is 3. The number of carbonyl (C=O) groups is 1. The number of benzene rings is 1. The molecule has 0 aliphatic rings. The van der Waals surface area contributed by atoms with Gasteiger partial charge < -0.3 is 4.42 Å². The van der Waals surface area contributed by atoms with Gasteiger partial charge in [-0.1, -0.05) is 6.07 Å². The highest BCUT2D eigenvalue weighted by atomic mass is 16.4. The summed E-state index contributed by atoms with van der Waals surface area (Å²) >= 11 is 0. The zero-order valence-corrected chi connectivity index (χ0v) is 13.6. The maximum atomic E-state index is 12.3. The Balaban J connectivity index is 1.80. The molecule has 2 heterocycles. The lowest BCUT2D eigenvalue weighted by atomic mass is 10.1. The van der Waals surface area contributed by atoms with E-state index in [4.69, 9.17) is 4.42 Å². The average molecular weight is 310 g/mol. The second kappa shape index (κ2) is 5.79. The van der Waals surface area contributed by atoms with Gasteiger partial charge in [-0.05, 0) is 57.0 Å². The highest BCUT2D eigenvalue weighted by Gasteiger charge is 2.16. The predicted octanol–water partition coefficient (Wildman–Crippen LogP) is 3.05. The number of aromatic nitrogens is 4. The van der Waals surface area contributed by atoms with Crippen molar-refractivity contribution in [3.8, 4) is 11.5 Å². The Kier molecular flexibility index (Phi) is 3.82. The van der Waals surface area contributed by atoms with E-state index in [0.29, 0.717) is 5.89 Å². The van der Waals surface area contributed by atoms with Crippen LogP contribution in [0.5, 0.6) is 0 Å². The number of aryl methyl sites for hydroxylation is 4. The molecule has 1 aromatic carbocycles. The molecule has 0 radical (unpaired) electrons. The standard InChI is InChI=1S/C17H18N4O2/c1-10-5-6-14(7-11(10)2)17-19-18-15(23-17)9-16(22)21-13(4)8-12(3)20-21/h5-8H,9H2,1-4H3. The summed E-state index contributed by atoms with van der Waals surface area (Å²) in [5, 5.41) is 12.2. The van der Waals surface area contributed by atoms with Gasteiger partial charge in [0, 0.05) is 11.3 Å². The molecular weight excluding hydrogens is 292 g/mol. The van der Waals surface area contributed by atoms with Gasteiger partial charge >= 0.3 is 0 Å². The van der Waals surface area contributed by atoms with E-state index >= 15 is 0 Å². The topological polar surface area (TPSA) is 73.8 Å². The molecule has 23 heavy (non-hydrogen) atoms. The molecule has 0 saturated heterocycles. The van der Waals surface area contributed by atoms with E-state index in [2.05, 4.69) is 15.3 Å². The highest BCUT2D eigenvalue weighted by molar-refractivity contribution is 5.80. The minimum atomic E-state index is -0.189. The Hall–Kier alpha value is -2.76. The fourth-order valence-corrected chi connectivity index (χ4v) is 2.40. The molecule has 0 aliphatic carbocycles. The first-order valence-corrected chi connectivity index (χ1v) is 7.40. The van der Waals surface area contributed by atoms with Gasteiger partial charge in [-0.3, -0.25) is 4.79 Å². The molecule has 6 heteroatoms. The Bertz CT molecular complexity index is 877. The molecule has 0 bridgehead atoms. The molecule has 0 amide bonds. The van der Waals surface area contributed by atoms with Crippen molar-refractivity contribution in [3.63, 3.8) is 0 Å². The van der Waals surface area contributed by atoms with E-state index in [0.717, 1.165) is 22.5 Å². The highest BCUT2D eigenvalue weighted by Crippen LogP contribution is 2.21. The Labute approximate surface area is 134 Å². The van der Waals surface area contributed by atoms with E-state index < -0.39 is 0 Å². The summed E-state index contributed by atoms with van der Waals surface area (Å²) in [5.41, 5.74) is 4.80. The molecular formula is C17H18N4O2. The van der Waals surface area contributed by atoms with Gasteiger partial charge in [0.15, 0.2) is 0 Å². The van der Waals surface area contributed by atoms with E-state index in [1.807, 2.05) is 52.0 Å². The molecule has 0 saturated carbocycles. The summed E-state index contributed by atoms with van der Waals surface area (Å²) in [5.74, 6) is 0.519. The van der Waals surface area contributed by atoms with Crippen LogP contribution < -0.4 is 0 Å². The summed E-state index contributed by atoms with van der Waals surface area (Å²) in [6.45, 7) is 7.77. The van der Waals surface area contributed by atoms with Crippen LogP contribution in [0, 0.1) is 27.7 Å². The van der Waals surface area contributed by atoms with Crippen molar-refractivity contribution in [1.82, 2.24) is 20.0 Å². The van der Waals surface area contributed by atoms with Crippen molar-refractivity contribution in [1.29, 1.82) is 0 Å². The monoisotopic (exact) mass is 310 g/mol. The smallest absolute Gasteiger partial charge is 0.256 e. The third-order valence-electron chi connectivity index (χ3n) is 3.77. The molecule has 6 nitrogen and oxygen atoms in total. The minimum Gasteiger partial charge on any atom is -0.420 e. The maximum Gasteiger partial charge on any atom is 0.256 e. The molecule has 0 N–H and O–H groups in total. The molecule has 2 aromatic heterocycles. The number of carbonyl (C=O) groups excluding carboxylic acids is 1. The average Bonchev–Trinajstić information content (AvgIpc) is 3.08. The van der Waals surface area contributed by atoms with Gasteiger partial charge in [0.05, 0.1) is 5.69 Å². The normalized spacial score (nSPS) is 11.0. The van der Waals surface area contributed by atoms with Crippen molar-refractivity contribution < 1.29 is 9.21 Å². The van der Waals surface area contributed by atoms with Crippen LogP contribution in [-0.4, -0.2) is 25.9 Å². The van der Waals surface area contributed by atoms with Gasteiger partial charge in [-0.2, -0.15) is 5.10 Å². The summed E-state index contributed by atoms with van der Waals surface area (Å²) in [7, 11) is 0. The van der Waals surface area contributed by atoms with Crippen LogP contribution in [0.1, 0.15) is 33.2 Å². The first-order valence-electron chi connectivity index (χ1n) is 7.40. The van der Waals surface area contributed by atoms with E-state index in [-0.39, 0.29) is 18.2 Å². The molecule has 3 aromatic rings. The summed E-state index contributed by atoms with van der Waals surface area (Å²) in [6, 6.07) is 7.79. The number of nitrogens with zero attached hydrogens (tertiary/aromatic N) is 4. The lowest BCUT2D eigenvalue weighted by Gasteiger charge is -2.01. The Morgan fingerprint density at radius 3 is 2.52 bits per heavy atom. The van der Waals surface area contributed by atoms with E-state index in [1.165, 1.54) is 10.2 Å². The van der Waals surface area contributed by atoms with Crippen molar-refractivity contribution in [2.24, 2.45) is 0 Å². The SMILES string of the molecule is Cc1cc(C)n(C(=O)Cc2nnc(-c3ccc(C)c(C)c3)o2)n1. The van der Waals surface area contributed by atoms with Gasteiger partial charge in [-0.25, -0.2) is 4.68 Å². The predicted molar refractivity (Wildman–Crippen MR) is 85.2 cm³/mol. The number of hydrogen-bond donors (Lipinski definition) is 0. The molecule has 118 valence electrons.